The first-order valence-electron chi connectivity index (χ1n) is 12.5. The van der Waals surface area contributed by atoms with Crippen LogP contribution in [0.4, 0.5) is 5.69 Å². The number of aromatic hydroxyl groups is 1. The number of halogens is 2. The molecular weight excluding hydrogens is 479 g/mol. The lowest BCUT2D eigenvalue weighted by molar-refractivity contribution is 0.123. The lowest BCUT2D eigenvalue weighted by Crippen LogP contribution is -2.48. The molecule has 190 valence electrons. The van der Waals surface area contributed by atoms with E-state index in [-0.39, 0.29) is 11.8 Å². The molecule has 35 heavy (non-hydrogen) atoms. The summed E-state index contributed by atoms with van der Waals surface area (Å²) in [5, 5.41) is 16.7. The van der Waals surface area contributed by atoms with Crippen LogP contribution in [0.5, 0.6) is 5.75 Å². The summed E-state index contributed by atoms with van der Waals surface area (Å²) < 4.78 is 0. The van der Waals surface area contributed by atoms with Gasteiger partial charge >= 0.3 is 0 Å². The Bertz CT molecular complexity index is 1030. The number of rotatable bonds is 10. The highest BCUT2D eigenvalue weighted by Crippen LogP contribution is 2.31. The van der Waals surface area contributed by atoms with E-state index in [0.717, 1.165) is 53.6 Å². The Balaban J connectivity index is 1.93. The van der Waals surface area contributed by atoms with Gasteiger partial charge < -0.3 is 21.6 Å². The lowest BCUT2D eigenvalue weighted by atomic mass is 9.94. The third-order valence-corrected chi connectivity index (χ3v) is 7.02. The normalized spacial score (nSPS) is 18.7. The van der Waals surface area contributed by atoms with Crippen molar-refractivity contribution in [3.05, 3.63) is 75.4 Å². The molecule has 2 atom stereocenters. The first-order valence-corrected chi connectivity index (χ1v) is 13.3. The summed E-state index contributed by atoms with van der Waals surface area (Å²) in [6.45, 7) is 8.46. The van der Waals surface area contributed by atoms with E-state index >= 15 is 0 Å². The van der Waals surface area contributed by atoms with Gasteiger partial charge in [0.15, 0.2) is 0 Å². The highest BCUT2D eigenvalue weighted by molar-refractivity contribution is 6.36. The van der Waals surface area contributed by atoms with E-state index < -0.39 is 0 Å². The number of allylic oxidation sites excluding steroid dienone is 1. The monoisotopic (exact) mass is 516 g/mol. The van der Waals surface area contributed by atoms with Gasteiger partial charge in [-0.05, 0) is 92.1 Å². The molecule has 0 aromatic heterocycles. The van der Waals surface area contributed by atoms with E-state index in [0.29, 0.717) is 10.0 Å². The third-order valence-electron chi connectivity index (χ3n) is 6.47. The number of phenols is 1. The third kappa shape index (κ3) is 7.65. The van der Waals surface area contributed by atoms with Gasteiger partial charge in [0.25, 0.3) is 0 Å². The molecule has 7 heteroatoms. The Labute approximate surface area is 220 Å². The minimum absolute atomic E-state index is 0.208. The number of hydrazine groups is 1. The fraction of sp³-hybridized carbons (Fsp3) is 0.429. The molecule has 1 heterocycles. The quantitative estimate of drug-likeness (QED) is 0.269. The van der Waals surface area contributed by atoms with Gasteiger partial charge in [-0.15, -0.1) is 0 Å². The minimum atomic E-state index is -0.358. The maximum Gasteiger partial charge on any atom is 0.115 e. The molecule has 0 radical (unpaired) electrons. The first kappa shape index (κ1) is 27.4. The van der Waals surface area contributed by atoms with Crippen LogP contribution in [0.25, 0.3) is 5.70 Å². The molecule has 2 unspecified atom stereocenters. The number of piperidine rings is 1. The number of nitrogens with two attached hydrogens (primary N) is 1. The largest absolute Gasteiger partial charge is 0.508 e. The van der Waals surface area contributed by atoms with Crippen LogP contribution in [0.1, 0.15) is 58.4 Å². The molecule has 1 aliphatic heterocycles. The molecule has 0 aliphatic carbocycles. The van der Waals surface area contributed by atoms with Gasteiger partial charge in [-0.1, -0.05) is 49.5 Å². The van der Waals surface area contributed by atoms with Crippen molar-refractivity contribution in [2.24, 2.45) is 11.7 Å². The Hall–Kier alpha value is -2.18. The Morgan fingerprint density at radius 2 is 1.94 bits per heavy atom. The molecule has 0 saturated carbocycles. The second-order valence-corrected chi connectivity index (χ2v) is 10.1. The van der Waals surface area contributed by atoms with Crippen LogP contribution in [0.3, 0.4) is 0 Å². The first-order chi connectivity index (χ1) is 16.8. The van der Waals surface area contributed by atoms with Gasteiger partial charge in [-0.25, -0.2) is 5.01 Å². The van der Waals surface area contributed by atoms with Gasteiger partial charge in [0.2, 0.25) is 0 Å². The van der Waals surface area contributed by atoms with Crippen LogP contribution >= 0.6 is 23.2 Å². The van der Waals surface area contributed by atoms with Crippen molar-refractivity contribution in [3.8, 4) is 5.75 Å². The van der Waals surface area contributed by atoms with Crippen molar-refractivity contribution in [3.63, 3.8) is 0 Å². The van der Waals surface area contributed by atoms with Crippen molar-refractivity contribution in [2.45, 2.75) is 58.9 Å². The molecule has 1 aliphatic rings. The standard InChI is InChI=1S/C28H38Cl2N4O/c1-4-7-20-9-6-16-34(18-20)33-26(8-5-2)27(31)19(3)28(21-10-13-23(35)14-11-21)32-25-15-12-22(29)17-24(25)30/h8,10-15,17,20,27,32-33,35H,4-7,9,16,18,31H2,1-3H3/b26-8+,28-19-. The van der Waals surface area contributed by atoms with E-state index in [9.17, 15) is 5.11 Å². The van der Waals surface area contributed by atoms with Crippen molar-refractivity contribution in [1.82, 2.24) is 10.4 Å². The molecule has 0 amide bonds. The lowest BCUT2D eigenvalue weighted by Gasteiger charge is -2.35. The maximum absolute atomic E-state index is 9.83. The number of nitrogens with zero attached hydrogens (tertiary/aromatic N) is 1. The van der Waals surface area contributed by atoms with E-state index in [4.69, 9.17) is 28.9 Å². The Morgan fingerprint density at radius 3 is 2.60 bits per heavy atom. The van der Waals surface area contributed by atoms with Crippen LogP contribution in [0.15, 0.2) is 59.8 Å². The summed E-state index contributed by atoms with van der Waals surface area (Å²) in [7, 11) is 0. The minimum Gasteiger partial charge on any atom is -0.508 e. The second kappa shape index (κ2) is 13.2. The fourth-order valence-electron chi connectivity index (χ4n) is 4.60. The average molecular weight is 518 g/mol. The molecule has 0 bridgehead atoms. The van der Waals surface area contributed by atoms with Crippen LogP contribution in [0.2, 0.25) is 10.0 Å². The van der Waals surface area contributed by atoms with Crippen molar-refractivity contribution in [1.29, 1.82) is 0 Å². The van der Waals surface area contributed by atoms with Gasteiger partial charge in [0, 0.05) is 29.5 Å². The molecule has 1 saturated heterocycles. The summed E-state index contributed by atoms with van der Waals surface area (Å²) in [4.78, 5) is 0. The SMILES string of the molecule is CC/C=C(/NN1CCCC(CCC)C1)C(N)/C(C)=C(\Nc1ccc(Cl)cc1Cl)c1ccc(O)cc1. The molecule has 2 aromatic carbocycles. The van der Waals surface area contributed by atoms with Crippen molar-refractivity contribution >= 4 is 34.6 Å². The number of anilines is 1. The second-order valence-electron chi connectivity index (χ2n) is 9.25. The van der Waals surface area contributed by atoms with Gasteiger partial charge in [-0.3, -0.25) is 0 Å². The summed E-state index contributed by atoms with van der Waals surface area (Å²) in [6.07, 6.45) is 8.00. The number of hydrogen-bond donors (Lipinski definition) is 4. The van der Waals surface area contributed by atoms with E-state index in [1.807, 2.05) is 25.1 Å². The van der Waals surface area contributed by atoms with Crippen molar-refractivity contribution in [2.75, 3.05) is 18.4 Å². The average Bonchev–Trinajstić information content (AvgIpc) is 2.84. The molecule has 3 rings (SSSR count). The Morgan fingerprint density at radius 1 is 1.20 bits per heavy atom. The van der Waals surface area contributed by atoms with Crippen LogP contribution in [0, 0.1) is 5.92 Å². The molecular formula is C28H38Cl2N4O. The highest BCUT2D eigenvalue weighted by Gasteiger charge is 2.23. The van der Waals surface area contributed by atoms with E-state index in [1.54, 1.807) is 24.3 Å². The number of benzene rings is 2. The van der Waals surface area contributed by atoms with Crippen LogP contribution < -0.4 is 16.5 Å². The molecule has 2 aromatic rings. The fourth-order valence-corrected chi connectivity index (χ4v) is 5.05. The zero-order valence-corrected chi connectivity index (χ0v) is 22.5. The predicted octanol–water partition coefficient (Wildman–Crippen LogP) is 7.18. The zero-order chi connectivity index (χ0) is 25.4. The molecule has 1 fully saturated rings. The summed E-state index contributed by atoms with van der Waals surface area (Å²) in [5.41, 5.74) is 15.0. The summed E-state index contributed by atoms with van der Waals surface area (Å²) in [6, 6.07) is 12.1. The van der Waals surface area contributed by atoms with Gasteiger partial charge in [-0.2, -0.15) is 0 Å². The predicted molar refractivity (Wildman–Crippen MR) is 149 cm³/mol. The summed E-state index contributed by atoms with van der Waals surface area (Å²) in [5.74, 6) is 0.929. The van der Waals surface area contributed by atoms with E-state index in [1.165, 1.54) is 25.7 Å². The van der Waals surface area contributed by atoms with Gasteiger partial charge in [0.1, 0.15) is 5.75 Å². The van der Waals surface area contributed by atoms with Gasteiger partial charge in [0.05, 0.1) is 16.8 Å². The number of phenolic OH excluding ortho intramolecular Hbond substituents is 1. The molecule has 5 N–H and O–H groups in total. The Kier molecular flexibility index (Phi) is 10.4. The smallest absolute Gasteiger partial charge is 0.115 e. The van der Waals surface area contributed by atoms with Crippen LogP contribution in [-0.2, 0) is 0 Å². The molecule has 0 spiro atoms. The summed E-state index contributed by atoms with van der Waals surface area (Å²) >= 11 is 12.6. The van der Waals surface area contributed by atoms with Crippen molar-refractivity contribution < 1.29 is 5.11 Å². The van der Waals surface area contributed by atoms with E-state index in [2.05, 4.69) is 35.7 Å². The highest BCUT2D eigenvalue weighted by atomic mass is 35.5. The van der Waals surface area contributed by atoms with Crippen LogP contribution in [-0.4, -0.2) is 29.2 Å². The zero-order valence-electron chi connectivity index (χ0n) is 21.0. The number of nitrogens with one attached hydrogen (secondary N) is 2. The number of hydrogen-bond acceptors (Lipinski definition) is 5. The topological polar surface area (TPSA) is 73.5 Å². The maximum atomic E-state index is 9.83. The molecule has 5 nitrogen and oxygen atoms in total.